The molecule has 0 spiro atoms. The van der Waals surface area contributed by atoms with Crippen molar-refractivity contribution >= 4 is 11.9 Å². The Morgan fingerprint density at radius 3 is 2.32 bits per heavy atom. The third kappa shape index (κ3) is 4.80. The number of carbonyl (C=O) groups is 2. The van der Waals surface area contributed by atoms with E-state index in [1.807, 2.05) is 6.07 Å². The third-order valence-corrected chi connectivity index (χ3v) is 7.66. The van der Waals surface area contributed by atoms with E-state index in [1.54, 1.807) is 14.0 Å². The first-order valence-electron chi connectivity index (χ1n) is 11.5. The first kappa shape index (κ1) is 22.3. The Bertz CT molecular complexity index is 784. The smallest absolute Gasteiger partial charge is 0.313 e. The minimum Gasteiger partial charge on any atom is -0.469 e. The normalized spacial score (nSPS) is 26.2. The van der Waals surface area contributed by atoms with Gasteiger partial charge in [-0.15, -0.1) is 0 Å². The molecule has 170 valence electrons. The first-order chi connectivity index (χ1) is 14.9. The number of methoxy groups -OCH3 is 2. The Balaban J connectivity index is 1.39. The summed E-state index contributed by atoms with van der Waals surface area (Å²) in [4.78, 5) is 29.3. The minimum absolute atomic E-state index is 0.0251. The van der Waals surface area contributed by atoms with Gasteiger partial charge in [0.15, 0.2) is 0 Å². The fourth-order valence-corrected chi connectivity index (χ4v) is 5.47. The van der Waals surface area contributed by atoms with Gasteiger partial charge >= 0.3 is 5.97 Å². The summed E-state index contributed by atoms with van der Waals surface area (Å²) in [6.07, 6.45) is 4.86. The van der Waals surface area contributed by atoms with Gasteiger partial charge in [-0.05, 0) is 50.8 Å². The molecule has 0 aromatic heterocycles. The van der Waals surface area contributed by atoms with Crippen LogP contribution in [0.2, 0.25) is 0 Å². The highest BCUT2D eigenvalue weighted by Gasteiger charge is 2.53. The summed E-state index contributed by atoms with van der Waals surface area (Å²) < 4.78 is 10.7. The molecule has 0 radical (unpaired) electrons. The molecule has 1 aliphatic heterocycles. The lowest BCUT2D eigenvalue weighted by Gasteiger charge is -2.44. The quantitative estimate of drug-likeness (QED) is 0.566. The van der Waals surface area contributed by atoms with Crippen LogP contribution in [0.1, 0.15) is 50.5 Å². The summed E-state index contributed by atoms with van der Waals surface area (Å²) in [5.74, 6) is 0.535. The van der Waals surface area contributed by atoms with Crippen molar-refractivity contribution in [3.63, 3.8) is 0 Å². The van der Waals surface area contributed by atoms with E-state index in [0.29, 0.717) is 18.6 Å². The second kappa shape index (κ2) is 8.91. The molecule has 1 aromatic rings. The third-order valence-electron chi connectivity index (χ3n) is 7.66. The molecule has 31 heavy (non-hydrogen) atoms. The molecular weight excluding hydrogens is 392 g/mol. The Morgan fingerprint density at radius 2 is 1.77 bits per heavy atom. The van der Waals surface area contributed by atoms with Crippen LogP contribution in [0.3, 0.4) is 0 Å². The van der Waals surface area contributed by atoms with E-state index in [9.17, 15) is 9.59 Å². The van der Waals surface area contributed by atoms with Gasteiger partial charge < -0.3 is 19.3 Å². The molecule has 1 amide bonds. The molecule has 6 nitrogen and oxygen atoms in total. The van der Waals surface area contributed by atoms with E-state index >= 15 is 0 Å². The van der Waals surface area contributed by atoms with E-state index in [2.05, 4.69) is 34.1 Å². The van der Waals surface area contributed by atoms with Crippen LogP contribution in [0.5, 0.6) is 0 Å². The highest BCUT2D eigenvalue weighted by atomic mass is 16.5. The van der Waals surface area contributed by atoms with Gasteiger partial charge in [0.2, 0.25) is 5.91 Å². The maximum absolute atomic E-state index is 12.6. The number of likely N-dealkylation sites (tertiary alicyclic amines) is 1. The predicted octanol–water partition coefficient (Wildman–Crippen LogP) is 3.07. The van der Waals surface area contributed by atoms with Crippen molar-refractivity contribution in [2.45, 2.75) is 51.0 Å². The molecule has 6 heteroatoms. The molecular formula is C25H36N2O4. The highest BCUT2D eigenvalue weighted by molar-refractivity contribution is 5.80. The molecule has 2 aliphatic carbocycles. The van der Waals surface area contributed by atoms with Crippen LogP contribution in [-0.4, -0.2) is 74.7 Å². The number of benzene rings is 1. The van der Waals surface area contributed by atoms with Crippen LogP contribution in [-0.2, 0) is 19.1 Å². The zero-order valence-electron chi connectivity index (χ0n) is 19.1. The van der Waals surface area contributed by atoms with Crippen LogP contribution < -0.4 is 0 Å². The minimum atomic E-state index is -0.279. The van der Waals surface area contributed by atoms with Crippen LogP contribution in [0.4, 0.5) is 0 Å². The van der Waals surface area contributed by atoms with Crippen molar-refractivity contribution in [1.29, 1.82) is 0 Å². The second-order valence-electron chi connectivity index (χ2n) is 9.95. The van der Waals surface area contributed by atoms with Crippen molar-refractivity contribution in [1.82, 2.24) is 9.80 Å². The molecule has 4 rings (SSSR count). The Labute approximate surface area is 185 Å². The lowest BCUT2D eigenvalue weighted by atomic mass is 9.78. The summed E-state index contributed by atoms with van der Waals surface area (Å²) in [6, 6.07) is 10.8. The highest BCUT2D eigenvalue weighted by Crippen LogP contribution is 2.49. The Kier molecular flexibility index (Phi) is 6.40. The number of nitrogens with zero attached hydrogens (tertiary/aromatic N) is 2. The summed E-state index contributed by atoms with van der Waals surface area (Å²) >= 11 is 0. The van der Waals surface area contributed by atoms with Gasteiger partial charge in [-0.2, -0.15) is 0 Å². The van der Waals surface area contributed by atoms with E-state index in [4.69, 9.17) is 9.47 Å². The maximum Gasteiger partial charge on any atom is 0.313 e. The number of ether oxygens (including phenoxy) is 2. The number of hydrogen-bond acceptors (Lipinski definition) is 5. The summed E-state index contributed by atoms with van der Waals surface area (Å²) in [5.41, 5.74) is 1.02. The van der Waals surface area contributed by atoms with Gasteiger partial charge in [0, 0.05) is 44.5 Å². The summed E-state index contributed by atoms with van der Waals surface area (Å²) in [5, 5.41) is 0. The number of esters is 1. The van der Waals surface area contributed by atoms with Crippen molar-refractivity contribution in [3.05, 3.63) is 35.9 Å². The van der Waals surface area contributed by atoms with Crippen LogP contribution >= 0.6 is 0 Å². The number of hydrogen-bond donors (Lipinski definition) is 0. The molecule has 2 saturated carbocycles. The van der Waals surface area contributed by atoms with E-state index < -0.39 is 0 Å². The van der Waals surface area contributed by atoms with Gasteiger partial charge in [0.25, 0.3) is 0 Å². The zero-order chi connectivity index (χ0) is 22.1. The number of amides is 1. The van der Waals surface area contributed by atoms with E-state index in [-0.39, 0.29) is 22.7 Å². The van der Waals surface area contributed by atoms with E-state index in [0.717, 1.165) is 58.3 Å². The molecule has 1 saturated heterocycles. The molecule has 1 unspecified atom stereocenters. The Hall–Kier alpha value is -1.92. The van der Waals surface area contributed by atoms with Gasteiger partial charge in [-0.3, -0.25) is 9.59 Å². The number of rotatable bonds is 9. The molecule has 3 fully saturated rings. The maximum atomic E-state index is 12.6. The van der Waals surface area contributed by atoms with Gasteiger partial charge in [-0.1, -0.05) is 30.3 Å². The molecule has 1 heterocycles. The van der Waals surface area contributed by atoms with Gasteiger partial charge in [-0.25, -0.2) is 0 Å². The van der Waals surface area contributed by atoms with Crippen molar-refractivity contribution < 1.29 is 19.1 Å². The van der Waals surface area contributed by atoms with Crippen LogP contribution in [0, 0.1) is 10.8 Å². The first-order valence-corrected chi connectivity index (χ1v) is 11.5. The zero-order valence-corrected chi connectivity index (χ0v) is 19.1. The number of piperidine rings is 1. The van der Waals surface area contributed by atoms with Crippen molar-refractivity contribution in [3.8, 4) is 0 Å². The summed E-state index contributed by atoms with van der Waals surface area (Å²) in [6.45, 7) is 5.76. The molecule has 2 atom stereocenters. The monoisotopic (exact) mass is 428 g/mol. The summed E-state index contributed by atoms with van der Waals surface area (Å²) in [7, 11) is 3.24. The molecule has 1 aromatic carbocycles. The average molecular weight is 429 g/mol. The molecule has 3 aliphatic rings. The fraction of sp³-hybridized carbons (Fsp3) is 0.680. The second-order valence-corrected chi connectivity index (χ2v) is 9.95. The lowest BCUT2D eigenvalue weighted by Crippen LogP contribution is -2.51. The fourth-order valence-electron chi connectivity index (χ4n) is 5.47. The standard InChI is InChI=1S/C25H36N2O4/c1-19(28)27(22-15-21(22)20-7-5-4-6-8-20)16-24(18-30-2)11-13-26(14-12-24)17-25(9-10-25)23(29)31-3/h4-8,21-22H,9-18H2,1-3H3/t21?,22-/m1/s1. The van der Waals surface area contributed by atoms with Crippen LogP contribution in [0.15, 0.2) is 30.3 Å². The Morgan fingerprint density at radius 1 is 1.10 bits per heavy atom. The van der Waals surface area contributed by atoms with Gasteiger partial charge in [0.1, 0.15) is 0 Å². The van der Waals surface area contributed by atoms with E-state index in [1.165, 1.54) is 12.7 Å². The average Bonchev–Trinajstić information content (AvgIpc) is 3.70. The predicted molar refractivity (Wildman–Crippen MR) is 119 cm³/mol. The van der Waals surface area contributed by atoms with Crippen molar-refractivity contribution in [2.24, 2.45) is 10.8 Å². The molecule has 0 bridgehead atoms. The van der Waals surface area contributed by atoms with Crippen LogP contribution in [0.25, 0.3) is 0 Å². The SMILES string of the molecule is COCC1(CN(C(C)=O)[C@@H]2CC2c2ccccc2)CCN(CC2(C(=O)OC)CC2)CC1. The van der Waals surface area contributed by atoms with Crippen molar-refractivity contribution in [2.75, 3.05) is 47.0 Å². The largest absolute Gasteiger partial charge is 0.469 e. The molecule has 0 N–H and O–H groups in total. The number of carbonyl (C=O) groups excluding carboxylic acids is 2. The lowest BCUT2D eigenvalue weighted by molar-refractivity contribution is -0.148. The topological polar surface area (TPSA) is 59.1 Å². The van der Waals surface area contributed by atoms with Gasteiger partial charge in [0.05, 0.1) is 19.1 Å².